The van der Waals surface area contributed by atoms with E-state index in [9.17, 15) is 10.1 Å². The van der Waals surface area contributed by atoms with Gasteiger partial charge in [0.1, 0.15) is 12.3 Å². The zero-order valence-electron chi connectivity index (χ0n) is 17.9. The number of anilines is 1. The van der Waals surface area contributed by atoms with Gasteiger partial charge in [-0.2, -0.15) is 5.26 Å². The number of fused-ring (bicyclic) bond motifs is 1. The van der Waals surface area contributed by atoms with E-state index in [1.807, 2.05) is 54.6 Å². The number of ether oxygens (including phenoxy) is 1. The van der Waals surface area contributed by atoms with Crippen LogP contribution in [0, 0.1) is 23.2 Å². The molecule has 0 spiro atoms. The van der Waals surface area contributed by atoms with E-state index in [2.05, 4.69) is 24.8 Å². The molecule has 158 valence electrons. The Morgan fingerprint density at radius 1 is 1.06 bits per heavy atom. The number of esters is 1. The van der Waals surface area contributed by atoms with E-state index >= 15 is 0 Å². The van der Waals surface area contributed by atoms with Crippen LogP contribution in [0.1, 0.15) is 37.4 Å². The number of carbonyl (C=O) groups is 1. The Hall–Kier alpha value is -3.46. The molecule has 0 unspecified atom stereocenters. The van der Waals surface area contributed by atoms with Gasteiger partial charge in [0.2, 0.25) is 0 Å². The van der Waals surface area contributed by atoms with Crippen LogP contribution in [-0.2, 0) is 16.1 Å². The standard InChI is InChI=1S/C25H26N4O2/c1-17-12-18(2)15-29(14-17)24-23(27-21-10-6-7-11-22(21)28-24)20(13-26)25(30)31-16-19-8-4-3-5-9-19/h3-11,17-18,20H,12,14-16H2,1-2H3/t17-,18+,20-/m0/s1. The van der Waals surface area contributed by atoms with Gasteiger partial charge >= 0.3 is 5.97 Å². The van der Waals surface area contributed by atoms with Crippen LogP contribution in [0.3, 0.4) is 0 Å². The van der Waals surface area contributed by atoms with Gasteiger partial charge in [-0.3, -0.25) is 4.79 Å². The summed E-state index contributed by atoms with van der Waals surface area (Å²) in [5.41, 5.74) is 2.66. The van der Waals surface area contributed by atoms with Crippen molar-refractivity contribution in [2.24, 2.45) is 11.8 Å². The molecule has 3 aromatic rings. The number of rotatable bonds is 5. The van der Waals surface area contributed by atoms with Gasteiger partial charge in [0, 0.05) is 13.1 Å². The number of para-hydroxylation sites is 2. The molecule has 1 aliphatic heterocycles. The summed E-state index contributed by atoms with van der Waals surface area (Å²) in [4.78, 5) is 24.6. The molecule has 0 N–H and O–H groups in total. The molecule has 1 aromatic heterocycles. The van der Waals surface area contributed by atoms with E-state index in [1.165, 1.54) is 0 Å². The lowest BCUT2D eigenvalue weighted by molar-refractivity contribution is -0.145. The predicted octanol–water partition coefficient (Wildman–Crippen LogP) is 4.46. The summed E-state index contributed by atoms with van der Waals surface area (Å²) in [6, 6.07) is 19.1. The van der Waals surface area contributed by atoms with Crippen molar-refractivity contribution in [3.8, 4) is 6.07 Å². The monoisotopic (exact) mass is 414 g/mol. The van der Waals surface area contributed by atoms with Crippen LogP contribution in [0.25, 0.3) is 11.0 Å². The Balaban J connectivity index is 1.69. The van der Waals surface area contributed by atoms with Crippen LogP contribution < -0.4 is 4.90 Å². The van der Waals surface area contributed by atoms with E-state index in [-0.39, 0.29) is 6.61 Å². The molecule has 1 aliphatic rings. The SMILES string of the molecule is C[C@@H]1C[C@H](C)CN(c2nc3ccccc3nc2[C@H](C#N)C(=O)OCc2ccccc2)C1. The highest BCUT2D eigenvalue weighted by Gasteiger charge is 2.32. The third-order valence-corrected chi connectivity index (χ3v) is 5.61. The summed E-state index contributed by atoms with van der Waals surface area (Å²) in [5.74, 6) is -0.134. The van der Waals surface area contributed by atoms with Crippen molar-refractivity contribution in [3.05, 3.63) is 65.9 Å². The molecule has 6 heteroatoms. The molecule has 0 saturated carbocycles. The van der Waals surface area contributed by atoms with Gasteiger partial charge in [0.25, 0.3) is 0 Å². The maximum atomic E-state index is 12.9. The first-order valence-corrected chi connectivity index (χ1v) is 10.7. The summed E-state index contributed by atoms with van der Waals surface area (Å²) in [6.45, 7) is 6.19. The minimum atomic E-state index is -1.14. The molecular weight excluding hydrogens is 388 g/mol. The van der Waals surface area contributed by atoms with Gasteiger partial charge in [-0.15, -0.1) is 0 Å². The number of aromatic nitrogens is 2. The van der Waals surface area contributed by atoms with Gasteiger partial charge in [-0.1, -0.05) is 56.3 Å². The number of benzene rings is 2. The van der Waals surface area contributed by atoms with Crippen molar-refractivity contribution in [1.29, 1.82) is 5.26 Å². The molecule has 2 aromatic carbocycles. The van der Waals surface area contributed by atoms with Crippen LogP contribution in [-0.4, -0.2) is 29.0 Å². The lowest BCUT2D eigenvalue weighted by Gasteiger charge is -2.36. The Morgan fingerprint density at radius 2 is 1.68 bits per heavy atom. The number of hydrogen-bond donors (Lipinski definition) is 0. The second-order valence-corrected chi connectivity index (χ2v) is 8.43. The molecule has 6 nitrogen and oxygen atoms in total. The number of hydrogen-bond acceptors (Lipinski definition) is 6. The van der Waals surface area contributed by atoms with Crippen molar-refractivity contribution >= 4 is 22.8 Å². The van der Waals surface area contributed by atoms with Crippen LogP contribution >= 0.6 is 0 Å². The first-order chi connectivity index (χ1) is 15.0. The quantitative estimate of drug-likeness (QED) is 0.574. The fourth-order valence-corrected chi connectivity index (χ4v) is 4.30. The van der Waals surface area contributed by atoms with E-state index in [0.717, 1.165) is 30.6 Å². The van der Waals surface area contributed by atoms with Crippen LogP contribution in [0.2, 0.25) is 0 Å². The van der Waals surface area contributed by atoms with Crippen molar-refractivity contribution in [2.45, 2.75) is 32.8 Å². The zero-order valence-corrected chi connectivity index (χ0v) is 17.9. The summed E-state index contributed by atoms with van der Waals surface area (Å²) < 4.78 is 5.48. The first kappa shape index (κ1) is 20.8. The molecule has 0 aliphatic carbocycles. The van der Waals surface area contributed by atoms with E-state index in [4.69, 9.17) is 14.7 Å². The third kappa shape index (κ3) is 4.66. The number of carbonyl (C=O) groups excluding carboxylic acids is 1. The zero-order chi connectivity index (χ0) is 21.8. The molecule has 4 rings (SSSR count). The number of piperidine rings is 1. The summed E-state index contributed by atoms with van der Waals surface area (Å²) in [7, 11) is 0. The predicted molar refractivity (Wildman–Crippen MR) is 119 cm³/mol. The Labute approximate surface area is 182 Å². The van der Waals surface area contributed by atoms with Crippen LogP contribution in [0.5, 0.6) is 0 Å². The van der Waals surface area contributed by atoms with Gasteiger partial charge in [0.15, 0.2) is 11.7 Å². The summed E-state index contributed by atoms with van der Waals surface area (Å²) >= 11 is 0. The molecule has 0 amide bonds. The Kier molecular flexibility index (Phi) is 6.13. The van der Waals surface area contributed by atoms with E-state index < -0.39 is 11.9 Å². The second kappa shape index (κ2) is 9.13. The number of nitriles is 1. The highest BCUT2D eigenvalue weighted by Crippen LogP contribution is 2.32. The molecule has 0 bridgehead atoms. The van der Waals surface area contributed by atoms with Crippen LogP contribution in [0.15, 0.2) is 54.6 Å². The summed E-state index contributed by atoms with van der Waals surface area (Å²) in [6.07, 6.45) is 1.15. The molecule has 3 atom stereocenters. The molecular formula is C25H26N4O2. The minimum Gasteiger partial charge on any atom is -0.460 e. The highest BCUT2D eigenvalue weighted by molar-refractivity contribution is 5.85. The van der Waals surface area contributed by atoms with Gasteiger partial charge in [-0.25, -0.2) is 9.97 Å². The lowest BCUT2D eigenvalue weighted by Crippen LogP contribution is -2.40. The molecule has 31 heavy (non-hydrogen) atoms. The fourth-order valence-electron chi connectivity index (χ4n) is 4.30. The average Bonchev–Trinajstić information content (AvgIpc) is 2.78. The van der Waals surface area contributed by atoms with E-state index in [0.29, 0.717) is 28.9 Å². The minimum absolute atomic E-state index is 0.117. The largest absolute Gasteiger partial charge is 0.460 e. The normalized spacial score (nSPS) is 19.6. The number of nitrogens with zero attached hydrogens (tertiary/aromatic N) is 4. The second-order valence-electron chi connectivity index (χ2n) is 8.43. The first-order valence-electron chi connectivity index (χ1n) is 10.7. The van der Waals surface area contributed by atoms with Crippen molar-refractivity contribution in [3.63, 3.8) is 0 Å². The van der Waals surface area contributed by atoms with Crippen molar-refractivity contribution in [1.82, 2.24) is 9.97 Å². The molecule has 1 fully saturated rings. The van der Waals surface area contributed by atoms with Gasteiger partial charge in [-0.05, 0) is 36.0 Å². The maximum absolute atomic E-state index is 12.9. The maximum Gasteiger partial charge on any atom is 0.330 e. The van der Waals surface area contributed by atoms with Crippen molar-refractivity contribution in [2.75, 3.05) is 18.0 Å². The summed E-state index contributed by atoms with van der Waals surface area (Å²) in [5, 5.41) is 9.91. The van der Waals surface area contributed by atoms with Crippen molar-refractivity contribution < 1.29 is 9.53 Å². The van der Waals surface area contributed by atoms with Crippen LogP contribution in [0.4, 0.5) is 5.82 Å². The fraction of sp³-hybridized carbons (Fsp3) is 0.360. The Morgan fingerprint density at radius 3 is 2.32 bits per heavy atom. The van der Waals surface area contributed by atoms with E-state index in [1.54, 1.807) is 0 Å². The van der Waals surface area contributed by atoms with Gasteiger partial charge < -0.3 is 9.64 Å². The third-order valence-electron chi connectivity index (χ3n) is 5.61. The molecule has 1 saturated heterocycles. The average molecular weight is 415 g/mol. The molecule has 2 heterocycles. The lowest BCUT2D eigenvalue weighted by atomic mass is 9.91. The topological polar surface area (TPSA) is 79.1 Å². The van der Waals surface area contributed by atoms with Gasteiger partial charge in [0.05, 0.1) is 17.1 Å². The Bertz CT molecular complexity index is 1100. The molecule has 0 radical (unpaired) electrons. The highest BCUT2D eigenvalue weighted by atomic mass is 16.5. The smallest absolute Gasteiger partial charge is 0.330 e.